The number of amides is 5. The highest BCUT2D eigenvalue weighted by atomic mass is 16.6. The number of nitrogens with one attached hydrogen (secondary N) is 5. The molecule has 5 amide bonds. The molecule has 4 atom stereocenters. The van der Waals surface area contributed by atoms with E-state index in [1.807, 2.05) is 115 Å². The molecule has 0 fully saturated rings. The molecule has 4 rings (SSSR count). The maximum absolute atomic E-state index is 13.5. The summed E-state index contributed by atoms with van der Waals surface area (Å²) < 4.78 is 15.2. The van der Waals surface area contributed by atoms with Gasteiger partial charge in [-0.2, -0.15) is 0 Å². The van der Waals surface area contributed by atoms with Gasteiger partial charge in [0.2, 0.25) is 17.7 Å². The Kier molecular flexibility index (Phi) is 23.5. The molecule has 0 radical (unpaired) electrons. The molecular weight excluding hydrogens is 807 g/mol. The first kappa shape index (κ1) is 50.4. The van der Waals surface area contributed by atoms with Crippen molar-refractivity contribution in [3.63, 3.8) is 0 Å². The van der Waals surface area contributed by atoms with Crippen molar-refractivity contribution in [2.75, 3.05) is 13.1 Å². The third kappa shape index (κ3) is 22.5. The second-order valence-electron chi connectivity index (χ2n) is 14.7. The van der Waals surface area contributed by atoms with Crippen LogP contribution in [0, 0.1) is 5.92 Å². The van der Waals surface area contributed by atoms with Crippen LogP contribution in [0.3, 0.4) is 0 Å². The van der Waals surface area contributed by atoms with E-state index in [9.17, 15) is 28.8 Å². The summed E-state index contributed by atoms with van der Waals surface area (Å²) in [5.74, 6) is -1.79. The van der Waals surface area contributed by atoms with Crippen LogP contribution in [0.25, 0.3) is 0 Å². The van der Waals surface area contributed by atoms with E-state index in [1.165, 1.54) is 6.92 Å². The van der Waals surface area contributed by atoms with Gasteiger partial charge in [-0.15, -0.1) is 0 Å². The van der Waals surface area contributed by atoms with E-state index in [0.717, 1.165) is 16.7 Å². The first-order valence-electron chi connectivity index (χ1n) is 20.9. The lowest BCUT2D eigenvalue weighted by Crippen LogP contribution is -2.55. The van der Waals surface area contributed by atoms with Gasteiger partial charge in [0, 0.05) is 20.0 Å². The van der Waals surface area contributed by atoms with Gasteiger partial charge in [-0.1, -0.05) is 122 Å². The SMILES string of the molecule is C=C(NCCC[C@@H](N)C(=O)N[C@@H](CC1C=CC=CC1)C(=O)N[C@@H](CCCCNC(=O)OCc1ccccc1)C(N)=O)NC(=O)OCc1ccccc1.CC(=O)OCc1ccccc1. The van der Waals surface area contributed by atoms with E-state index in [0.29, 0.717) is 51.8 Å². The Morgan fingerprint density at radius 3 is 1.75 bits per heavy atom. The smallest absolute Gasteiger partial charge is 0.413 e. The number of carbonyl (C=O) groups is 6. The molecule has 0 spiro atoms. The zero-order valence-electron chi connectivity index (χ0n) is 35.8. The van der Waals surface area contributed by atoms with Crippen LogP contribution in [0.4, 0.5) is 9.59 Å². The third-order valence-corrected chi connectivity index (χ3v) is 9.42. The Hall–Kier alpha value is -6.94. The summed E-state index contributed by atoms with van der Waals surface area (Å²) in [7, 11) is 0. The third-order valence-electron chi connectivity index (χ3n) is 9.42. The minimum atomic E-state index is -0.976. The number of alkyl carbamates (subject to hydrolysis) is 2. The van der Waals surface area contributed by atoms with Gasteiger partial charge < -0.3 is 46.9 Å². The average Bonchev–Trinajstić information content (AvgIpc) is 3.29. The largest absolute Gasteiger partial charge is 0.461 e. The molecule has 1 aliphatic rings. The first-order valence-corrected chi connectivity index (χ1v) is 20.9. The van der Waals surface area contributed by atoms with Crippen molar-refractivity contribution in [3.8, 4) is 0 Å². The molecule has 16 nitrogen and oxygen atoms in total. The first-order chi connectivity index (χ1) is 30.4. The molecule has 1 unspecified atom stereocenters. The molecule has 338 valence electrons. The molecule has 16 heteroatoms. The number of esters is 1. The summed E-state index contributed by atoms with van der Waals surface area (Å²) in [5.41, 5.74) is 14.5. The van der Waals surface area contributed by atoms with Gasteiger partial charge in [0.25, 0.3) is 0 Å². The Bertz CT molecular complexity index is 1950. The lowest BCUT2D eigenvalue weighted by atomic mass is 9.92. The number of hydrogen-bond donors (Lipinski definition) is 7. The summed E-state index contributed by atoms with van der Waals surface area (Å²) >= 11 is 0. The molecule has 0 saturated carbocycles. The Labute approximate surface area is 369 Å². The highest BCUT2D eigenvalue weighted by Crippen LogP contribution is 2.18. The number of unbranched alkanes of at least 4 members (excludes halogenated alkanes) is 1. The standard InChI is InChI=1S/C38H51N7O7.C9H10O2/c1-27(43-38(50)52-26-30-18-9-4-10-19-30)41-23-13-20-31(39)35(47)45-33(24-28-14-5-2-6-15-28)36(48)44-32(34(40)46)21-11-12-22-42-37(49)51-25-29-16-7-3-8-17-29;1-8(10)11-7-9-5-3-2-4-6-9/h2-10,14,16-19,28,31-33,41H,1,11-13,15,20-26,39H2,(H2,40,46)(H,42,49)(H,43,50)(H,44,48)(H,45,47);2-6H,7H2,1H3/t28?,31-,32+,33+;/m1./s1. The molecule has 1 aliphatic carbocycles. The van der Waals surface area contributed by atoms with Crippen molar-refractivity contribution < 1.29 is 43.0 Å². The Morgan fingerprint density at radius 2 is 1.21 bits per heavy atom. The Balaban J connectivity index is 0.000000832. The predicted molar refractivity (Wildman–Crippen MR) is 239 cm³/mol. The van der Waals surface area contributed by atoms with Crippen molar-refractivity contribution in [1.29, 1.82) is 0 Å². The van der Waals surface area contributed by atoms with Crippen LogP contribution in [-0.2, 0) is 53.2 Å². The highest BCUT2D eigenvalue weighted by Gasteiger charge is 2.29. The van der Waals surface area contributed by atoms with E-state index in [2.05, 4.69) is 33.2 Å². The summed E-state index contributed by atoms with van der Waals surface area (Å²) in [6.45, 7) is 6.49. The van der Waals surface area contributed by atoms with Crippen molar-refractivity contribution in [2.24, 2.45) is 17.4 Å². The number of ether oxygens (including phenoxy) is 3. The number of benzene rings is 3. The fraction of sp³-hybridized carbons (Fsp3) is 0.362. The number of primary amides is 1. The summed E-state index contributed by atoms with van der Waals surface area (Å²) in [5, 5.41) is 13.6. The minimum Gasteiger partial charge on any atom is -0.461 e. The molecule has 0 bridgehead atoms. The molecule has 0 aliphatic heterocycles. The number of nitrogens with two attached hydrogens (primary N) is 2. The van der Waals surface area contributed by atoms with E-state index < -0.39 is 48.0 Å². The van der Waals surface area contributed by atoms with Gasteiger partial charge in [0.1, 0.15) is 37.7 Å². The zero-order valence-corrected chi connectivity index (χ0v) is 35.8. The second kappa shape index (κ2) is 29.3. The van der Waals surface area contributed by atoms with Crippen LogP contribution in [0.2, 0.25) is 0 Å². The molecule has 0 aromatic heterocycles. The van der Waals surface area contributed by atoms with Crippen molar-refractivity contribution >= 4 is 35.9 Å². The lowest BCUT2D eigenvalue weighted by molar-refractivity contribution is -0.142. The summed E-state index contributed by atoms with van der Waals surface area (Å²) in [6, 6.07) is 25.3. The maximum atomic E-state index is 13.5. The topological polar surface area (TPSA) is 242 Å². The van der Waals surface area contributed by atoms with E-state index in [-0.39, 0.29) is 43.8 Å². The maximum Gasteiger partial charge on any atom is 0.413 e. The fourth-order valence-electron chi connectivity index (χ4n) is 5.99. The van der Waals surface area contributed by atoms with Crippen LogP contribution in [0.1, 0.15) is 68.6 Å². The number of carbonyl (C=O) groups excluding carboxylic acids is 6. The normalized spacial score (nSPS) is 13.9. The molecule has 3 aromatic rings. The number of rotatable bonds is 24. The predicted octanol–water partition coefficient (Wildman–Crippen LogP) is 4.90. The highest BCUT2D eigenvalue weighted by molar-refractivity contribution is 5.92. The average molecular weight is 868 g/mol. The number of hydrogen-bond acceptors (Lipinski definition) is 11. The minimum absolute atomic E-state index is 0.0147. The second-order valence-corrected chi connectivity index (χ2v) is 14.7. The Morgan fingerprint density at radius 1 is 0.667 bits per heavy atom. The van der Waals surface area contributed by atoms with Gasteiger partial charge in [0.15, 0.2) is 0 Å². The summed E-state index contributed by atoms with van der Waals surface area (Å²) in [4.78, 5) is 73.2. The molecule has 9 N–H and O–H groups in total. The molecule has 0 saturated heterocycles. The molecular formula is C47H61N7O9. The van der Waals surface area contributed by atoms with Crippen LogP contribution in [-0.4, -0.2) is 67.1 Å². The van der Waals surface area contributed by atoms with Gasteiger partial charge in [-0.3, -0.25) is 24.5 Å². The molecule has 63 heavy (non-hydrogen) atoms. The quantitative estimate of drug-likeness (QED) is 0.0363. The fourth-order valence-corrected chi connectivity index (χ4v) is 5.99. The molecule has 0 heterocycles. The van der Waals surface area contributed by atoms with E-state index in [1.54, 1.807) is 0 Å². The monoisotopic (exact) mass is 867 g/mol. The number of allylic oxidation sites excluding steroid dienone is 4. The van der Waals surface area contributed by atoms with Crippen LogP contribution < -0.4 is 38.1 Å². The lowest BCUT2D eigenvalue weighted by Gasteiger charge is -2.26. The van der Waals surface area contributed by atoms with Gasteiger partial charge in [-0.05, 0) is 67.6 Å². The van der Waals surface area contributed by atoms with Crippen LogP contribution >= 0.6 is 0 Å². The summed E-state index contributed by atoms with van der Waals surface area (Å²) in [6.07, 6.45) is 9.48. The van der Waals surface area contributed by atoms with E-state index >= 15 is 0 Å². The zero-order chi connectivity index (χ0) is 45.7. The van der Waals surface area contributed by atoms with Gasteiger partial charge >= 0.3 is 18.2 Å². The van der Waals surface area contributed by atoms with E-state index in [4.69, 9.17) is 25.7 Å². The van der Waals surface area contributed by atoms with Crippen LogP contribution in [0.5, 0.6) is 0 Å². The van der Waals surface area contributed by atoms with Crippen LogP contribution in [0.15, 0.2) is 128 Å². The van der Waals surface area contributed by atoms with Crippen molar-refractivity contribution in [1.82, 2.24) is 26.6 Å². The van der Waals surface area contributed by atoms with Gasteiger partial charge in [-0.25, -0.2) is 9.59 Å². The van der Waals surface area contributed by atoms with Gasteiger partial charge in [0.05, 0.1) is 6.04 Å². The van der Waals surface area contributed by atoms with Crippen molar-refractivity contribution in [3.05, 3.63) is 144 Å². The van der Waals surface area contributed by atoms with Crippen molar-refractivity contribution in [2.45, 2.75) is 89.8 Å². The molecule has 3 aromatic carbocycles.